The van der Waals surface area contributed by atoms with E-state index in [2.05, 4.69) is 10.00 Å². The Bertz CT molecular complexity index is 775. The fourth-order valence-corrected chi connectivity index (χ4v) is 2.94. The zero-order valence-corrected chi connectivity index (χ0v) is 14.3. The van der Waals surface area contributed by atoms with Gasteiger partial charge in [-0.2, -0.15) is 4.68 Å². The second kappa shape index (κ2) is 7.94. The van der Waals surface area contributed by atoms with Gasteiger partial charge < -0.3 is 14.5 Å². The highest BCUT2D eigenvalue weighted by molar-refractivity contribution is 5.77. The number of hydrogen-bond donors (Lipinski definition) is 0. The van der Waals surface area contributed by atoms with E-state index in [9.17, 15) is 9.59 Å². The third-order valence-corrected chi connectivity index (χ3v) is 4.23. The number of ether oxygens (including phenoxy) is 1. The molecule has 1 fully saturated rings. The summed E-state index contributed by atoms with van der Waals surface area (Å²) in [5.74, 6) is 0.746. The minimum Gasteiger partial charge on any atom is -0.375 e. The first-order chi connectivity index (χ1) is 12.2. The van der Waals surface area contributed by atoms with E-state index in [0.29, 0.717) is 19.6 Å². The number of carbonyl (C=O) groups excluding carboxylic acids is 1. The van der Waals surface area contributed by atoms with Crippen LogP contribution in [0.4, 0.5) is 5.82 Å². The lowest BCUT2D eigenvalue weighted by atomic mass is 10.3. The molecule has 0 radical (unpaired) electrons. The minimum atomic E-state index is -0.165. The van der Waals surface area contributed by atoms with Crippen LogP contribution in [0.5, 0.6) is 0 Å². The van der Waals surface area contributed by atoms with Crippen molar-refractivity contribution in [1.29, 1.82) is 0 Å². The van der Waals surface area contributed by atoms with Crippen molar-refractivity contribution in [2.24, 2.45) is 0 Å². The molecule has 25 heavy (non-hydrogen) atoms. The second-order valence-electron chi connectivity index (χ2n) is 5.93. The van der Waals surface area contributed by atoms with Gasteiger partial charge in [0.1, 0.15) is 12.4 Å². The summed E-state index contributed by atoms with van der Waals surface area (Å²) in [6, 6.07) is 12.6. The Labute approximate surface area is 146 Å². The smallest absolute Gasteiger partial charge is 0.271 e. The molecule has 0 saturated carbocycles. The van der Waals surface area contributed by atoms with Crippen LogP contribution < -0.4 is 10.5 Å². The summed E-state index contributed by atoms with van der Waals surface area (Å²) in [5, 5.41) is 4.52. The molecule has 1 saturated heterocycles. The zero-order chi connectivity index (χ0) is 17.6. The Kier molecular flexibility index (Phi) is 5.45. The van der Waals surface area contributed by atoms with Crippen LogP contribution >= 0.6 is 0 Å². The first kappa shape index (κ1) is 17.2. The minimum absolute atomic E-state index is 0.00608. The molecular weight excluding hydrogens is 320 g/mol. The van der Waals surface area contributed by atoms with Gasteiger partial charge in [-0.15, -0.1) is 5.10 Å². The van der Waals surface area contributed by atoms with E-state index in [-0.39, 0.29) is 18.1 Å². The van der Waals surface area contributed by atoms with E-state index >= 15 is 0 Å². The second-order valence-corrected chi connectivity index (χ2v) is 5.93. The summed E-state index contributed by atoms with van der Waals surface area (Å²) in [7, 11) is 1.53. The molecule has 7 nitrogen and oxygen atoms in total. The summed E-state index contributed by atoms with van der Waals surface area (Å²) < 4.78 is 6.34. The van der Waals surface area contributed by atoms with Gasteiger partial charge in [0, 0.05) is 39.4 Å². The van der Waals surface area contributed by atoms with Gasteiger partial charge in [0.2, 0.25) is 5.91 Å². The number of hydrogen-bond acceptors (Lipinski definition) is 5. The maximum absolute atomic E-state index is 12.2. The van der Waals surface area contributed by atoms with Crippen molar-refractivity contribution in [3.8, 4) is 5.69 Å². The van der Waals surface area contributed by atoms with Gasteiger partial charge >= 0.3 is 0 Å². The number of benzene rings is 1. The number of amides is 1. The average molecular weight is 342 g/mol. The van der Waals surface area contributed by atoms with Gasteiger partial charge in [-0.05, 0) is 24.6 Å². The van der Waals surface area contributed by atoms with Crippen LogP contribution in [0.25, 0.3) is 5.69 Å². The van der Waals surface area contributed by atoms with Gasteiger partial charge in [0.15, 0.2) is 0 Å². The molecular formula is C18H22N4O3. The van der Waals surface area contributed by atoms with Crippen LogP contribution in [0, 0.1) is 0 Å². The molecule has 2 aromatic rings. The van der Waals surface area contributed by atoms with Crippen molar-refractivity contribution in [2.45, 2.75) is 6.42 Å². The Morgan fingerprint density at radius 2 is 1.88 bits per heavy atom. The number of methoxy groups -OCH3 is 1. The normalized spacial score (nSPS) is 15.1. The van der Waals surface area contributed by atoms with Crippen LogP contribution in [0.1, 0.15) is 6.42 Å². The lowest BCUT2D eigenvalue weighted by Crippen LogP contribution is -2.37. The topological polar surface area (TPSA) is 67.7 Å². The highest BCUT2D eigenvalue weighted by Gasteiger charge is 2.20. The van der Waals surface area contributed by atoms with Gasteiger partial charge in [0.05, 0.1) is 5.69 Å². The van der Waals surface area contributed by atoms with Gasteiger partial charge in [-0.1, -0.05) is 18.2 Å². The van der Waals surface area contributed by atoms with Crippen LogP contribution in [0.15, 0.2) is 47.3 Å². The number of para-hydroxylation sites is 1. The Hall–Kier alpha value is -2.67. The Morgan fingerprint density at radius 3 is 2.64 bits per heavy atom. The summed E-state index contributed by atoms with van der Waals surface area (Å²) in [6.07, 6.45) is 0.849. The molecule has 2 heterocycles. The molecule has 0 spiro atoms. The van der Waals surface area contributed by atoms with Crippen molar-refractivity contribution in [1.82, 2.24) is 14.7 Å². The van der Waals surface area contributed by atoms with Crippen LogP contribution in [0.2, 0.25) is 0 Å². The molecule has 1 aliphatic heterocycles. The van der Waals surface area contributed by atoms with Gasteiger partial charge in [-0.3, -0.25) is 9.59 Å². The number of rotatable bonds is 4. The summed E-state index contributed by atoms with van der Waals surface area (Å²) in [5.41, 5.74) is 0.572. The molecule has 0 bridgehead atoms. The highest BCUT2D eigenvalue weighted by Crippen LogP contribution is 2.13. The van der Waals surface area contributed by atoms with Crippen LogP contribution in [-0.2, 0) is 9.53 Å². The molecule has 1 aromatic heterocycles. The Morgan fingerprint density at radius 1 is 1.08 bits per heavy atom. The van der Waals surface area contributed by atoms with Crippen molar-refractivity contribution in [2.75, 3.05) is 44.8 Å². The molecule has 0 N–H and O–H groups in total. The molecule has 7 heteroatoms. The summed E-state index contributed by atoms with van der Waals surface area (Å²) in [6.45, 7) is 2.90. The molecule has 132 valence electrons. The number of carbonyl (C=O) groups is 1. The maximum atomic E-state index is 12.2. The van der Waals surface area contributed by atoms with Crippen molar-refractivity contribution in [3.05, 3.63) is 52.8 Å². The first-order valence-corrected chi connectivity index (χ1v) is 8.36. The molecule has 1 aromatic carbocycles. The van der Waals surface area contributed by atoms with E-state index in [0.717, 1.165) is 24.5 Å². The fraction of sp³-hybridized carbons (Fsp3) is 0.389. The highest BCUT2D eigenvalue weighted by atomic mass is 16.5. The van der Waals surface area contributed by atoms with E-state index in [4.69, 9.17) is 4.74 Å². The number of nitrogens with zero attached hydrogens (tertiary/aromatic N) is 4. The number of anilines is 1. The van der Waals surface area contributed by atoms with Crippen LogP contribution in [0.3, 0.4) is 0 Å². The average Bonchev–Trinajstić information content (AvgIpc) is 2.89. The molecule has 0 aliphatic carbocycles. The summed E-state index contributed by atoms with van der Waals surface area (Å²) in [4.78, 5) is 28.1. The third-order valence-electron chi connectivity index (χ3n) is 4.23. The monoisotopic (exact) mass is 342 g/mol. The molecule has 1 amide bonds. The lowest BCUT2D eigenvalue weighted by Gasteiger charge is -2.23. The van der Waals surface area contributed by atoms with Crippen molar-refractivity contribution >= 4 is 11.7 Å². The van der Waals surface area contributed by atoms with E-state index in [1.165, 1.54) is 17.9 Å². The number of aromatic nitrogens is 2. The molecule has 0 atom stereocenters. The molecule has 3 rings (SSSR count). The SMILES string of the molecule is COCC(=O)N1CCCN(c2ccc(=O)n(-c3ccccc3)n2)CC1. The third kappa shape index (κ3) is 4.06. The standard InChI is InChI=1S/C18H22N4O3/c1-25-14-18(24)21-11-5-10-20(12-13-21)16-8-9-17(23)22(19-16)15-6-3-2-4-7-15/h2-4,6-9H,5,10-14H2,1H3. The largest absolute Gasteiger partial charge is 0.375 e. The quantitative estimate of drug-likeness (QED) is 0.826. The van der Waals surface area contributed by atoms with Crippen molar-refractivity contribution < 1.29 is 9.53 Å². The predicted octanol–water partition coefficient (Wildman–Crippen LogP) is 0.918. The van der Waals surface area contributed by atoms with Crippen molar-refractivity contribution in [3.63, 3.8) is 0 Å². The van der Waals surface area contributed by atoms with Gasteiger partial charge in [-0.25, -0.2) is 0 Å². The zero-order valence-electron chi connectivity index (χ0n) is 14.3. The predicted molar refractivity (Wildman–Crippen MR) is 95.1 cm³/mol. The first-order valence-electron chi connectivity index (χ1n) is 8.36. The van der Waals surface area contributed by atoms with Gasteiger partial charge in [0.25, 0.3) is 5.56 Å². The summed E-state index contributed by atoms with van der Waals surface area (Å²) >= 11 is 0. The maximum Gasteiger partial charge on any atom is 0.271 e. The van der Waals surface area contributed by atoms with Crippen LogP contribution in [-0.4, -0.2) is 60.5 Å². The van der Waals surface area contributed by atoms with E-state index < -0.39 is 0 Å². The Balaban J connectivity index is 1.78. The molecule has 1 aliphatic rings. The van der Waals surface area contributed by atoms with E-state index in [1.807, 2.05) is 35.2 Å². The molecule has 0 unspecified atom stereocenters. The van der Waals surface area contributed by atoms with E-state index in [1.54, 1.807) is 6.07 Å². The lowest BCUT2D eigenvalue weighted by molar-refractivity contribution is -0.134. The fourth-order valence-electron chi connectivity index (χ4n) is 2.94.